The van der Waals surface area contributed by atoms with Gasteiger partial charge in [-0.25, -0.2) is 14.1 Å². The van der Waals surface area contributed by atoms with Gasteiger partial charge < -0.3 is 19.5 Å². The Hall–Kier alpha value is -5.24. The average molecular weight is 736 g/mol. The van der Waals surface area contributed by atoms with Gasteiger partial charge in [0.25, 0.3) is 17.7 Å². The number of nitrogens with zero attached hydrogens (tertiary/aromatic N) is 1. The molecule has 2 N–H and O–H groups in total. The smallest absolute Gasteiger partial charge is 0.335 e. The molecule has 10 nitrogen and oxygen atoms in total. The molecule has 1 aliphatic rings. The predicted octanol–water partition coefficient (Wildman–Crippen LogP) is 6.09. The number of imide groups is 2. The molecule has 0 aromatic heterocycles. The van der Waals surface area contributed by atoms with E-state index in [-0.39, 0.29) is 36.0 Å². The number of anilines is 2. The standard InChI is InChI=1S/C34H27FIN3O7/c1-2-44-29-18-22(17-28(36)31(29)46-20-30(40)37-24-10-8-23(35)9-11-24)16-27-32(41)38-34(43)39(33(27)42)25-12-14-26(15-13-25)45-19-21-6-4-3-5-7-21/h3-18H,2,19-20H2,1H3,(H,37,40)(H,38,41,43)/b27-16-. The van der Waals surface area contributed by atoms with Crippen molar-refractivity contribution in [3.63, 3.8) is 0 Å². The van der Waals surface area contributed by atoms with E-state index < -0.39 is 29.6 Å². The van der Waals surface area contributed by atoms with Gasteiger partial charge in [-0.2, -0.15) is 0 Å². The van der Waals surface area contributed by atoms with Crippen LogP contribution in [0.15, 0.2) is 96.6 Å². The highest BCUT2D eigenvalue weighted by molar-refractivity contribution is 14.1. The summed E-state index contributed by atoms with van der Waals surface area (Å²) in [5, 5.41) is 4.83. The van der Waals surface area contributed by atoms with Crippen LogP contribution >= 0.6 is 22.6 Å². The average Bonchev–Trinajstić information content (AvgIpc) is 3.04. The zero-order chi connectivity index (χ0) is 32.6. The second-order valence-electron chi connectivity index (χ2n) is 9.83. The van der Waals surface area contributed by atoms with Crippen molar-refractivity contribution < 1.29 is 37.8 Å². The molecule has 0 saturated carbocycles. The third-order valence-electron chi connectivity index (χ3n) is 6.56. The number of urea groups is 1. The number of nitrogens with one attached hydrogen (secondary N) is 2. The molecule has 4 aromatic carbocycles. The maximum Gasteiger partial charge on any atom is 0.335 e. The van der Waals surface area contributed by atoms with Crippen LogP contribution in [0, 0.1) is 9.39 Å². The van der Waals surface area contributed by atoms with Crippen LogP contribution in [0.1, 0.15) is 18.1 Å². The SMILES string of the molecule is CCOc1cc(/C=C2/C(=O)NC(=O)N(c3ccc(OCc4ccccc4)cc3)C2=O)cc(I)c1OCC(=O)Nc1ccc(F)cc1. The molecule has 4 aromatic rings. The number of rotatable bonds is 11. The number of barbiturate groups is 1. The zero-order valence-corrected chi connectivity index (χ0v) is 26.6. The summed E-state index contributed by atoms with van der Waals surface area (Å²) in [6, 6.07) is 23.6. The molecule has 0 unspecified atom stereocenters. The molecule has 1 aliphatic heterocycles. The molecule has 5 rings (SSSR count). The van der Waals surface area contributed by atoms with Gasteiger partial charge in [-0.15, -0.1) is 0 Å². The van der Waals surface area contributed by atoms with E-state index in [1.807, 2.05) is 52.9 Å². The van der Waals surface area contributed by atoms with E-state index >= 15 is 0 Å². The number of benzene rings is 4. The van der Waals surface area contributed by atoms with Crippen LogP contribution in [0.25, 0.3) is 6.08 Å². The summed E-state index contributed by atoms with van der Waals surface area (Å²) in [5.74, 6) is -1.45. The Morgan fingerprint density at radius 1 is 0.935 bits per heavy atom. The van der Waals surface area contributed by atoms with Gasteiger partial charge in [-0.05, 0) is 107 Å². The Labute approximate surface area is 277 Å². The molecule has 46 heavy (non-hydrogen) atoms. The van der Waals surface area contributed by atoms with Crippen molar-refractivity contribution in [2.75, 3.05) is 23.4 Å². The van der Waals surface area contributed by atoms with E-state index in [0.29, 0.717) is 27.2 Å². The molecular formula is C34H27FIN3O7. The maximum absolute atomic E-state index is 13.5. The minimum atomic E-state index is -0.877. The third-order valence-corrected chi connectivity index (χ3v) is 7.36. The predicted molar refractivity (Wildman–Crippen MR) is 177 cm³/mol. The van der Waals surface area contributed by atoms with E-state index in [0.717, 1.165) is 10.5 Å². The Balaban J connectivity index is 1.32. The van der Waals surface area contributed by atoms with Gasteiger partial charge in [0.2, 0.25) is 0 Å². The number of ether oxygens (including phenoxy) is 3. The summed E-state index contributed by atoms with van der Waals surface area (Å²) >= 11 is 1.99. The molecule has 0 aliphatic carbocycles. The van der Waals surface area contributed by atoms with E-state index in [1.54, 1.807) is 43.3 Å². The van der Waals surface area contributed by atoms with Crippen LogP contribution < -0.4 is 29.7 Å². The van der Waals surface area contributed by atoms with Gasteiger partial charge in [-0.3, -0.25) is 19.7 Å². The van der Waals surface area contributed by atoms with Crippen molar-refractivity contribution in [2.24, 2.45) is 0 Å². The summed E-state index contributed by atoms with van der Waals surface area (Å²) in [5.41, 5.74) is 1.80. The number of carbonyl (C=O) groups is 4. The van der Waals surface area contributed by atoms with E-state index in [1.165, 1.54) is 30.3 Å². The van der Waals surface area contributed by atoms with E-state index in [4.69, 9.17) is 14.2 Å². The van der Waals surface area contributed by atoms with Crippen molar-refractivity contribution in [1.29, 1.82) is 0 Å². The van der Waals surface area contributed by atoms with E-state index in [2.05, 4.69) is 10.6 Å². The van der Waals surface area contributed by atoms with Crippen LogP contribution in [0.2, 0.25) is 0 Å². The largest absolute Gasteiger partial charge is 0.490 e. The molecule has 1 heterocycles. The van der Waals surface area contributed by atoms with Gasteiger partial charge in [0, 0.05) is 5.69 Å². The highest BCUT2D eigenvalue weighted by Crippen LogP contribution is 2.35. The lowest BCUT2D eigenvalue weighted by Gasteiger charge is -2.26. The Morgan fingerprint density at radius 3 is 2.35 bits per heavy atom. The van der Waals surface area contributed by atoms with E-state index in [9.17, 15) is 23.6 Å². The first-order chi connectivity index (χ1) is 22.2. The Bertz CT molecular complexity index is 1800. The monoisotopic (exact) mass is 735 g/mol. The van der Waals surface area contributed by atoms with Crippen molar-refractivity contribution in [3.05, 3.63) is 117 Å². The fourth-order valence-electron chi connectivity index (χ4n) is 4.43. The Kier molecular flexibility index (Phi) is 10.3. The molecule has 0 bridgehead atoms. The maximum atomic E-state index is 13.5. The molecule has 5 amide bonds. The summed E-state index contributed by atoms with van der Waals surface area (Å²) in [7, 11) is 0. The molecule has 0 radical (unpaired) electrons. The first-order valence-corrected chi connectivity index (χ1v) is 15.1. The van der Waals surface area contributed by atoms with Gasteiger partial charge in [0.05, 0.1) is 15.9 Å². The van der Waals surface area contributed by atoms with Crippen LogP contribution in [0.5, 0.6) is 17.2 Å². The molecule has 1 saturated heterocycles. The number of halogens is 2. The topological polar surface area (TPSA) is 123 Å². The highest BCUT2D eigenvalue weighted by atomic mass is 127. The van der Waals surface area contributed by atoms with Gasteiger partial charge >= 0.3 is 6.03 Å². The van der Waals surface area contributed by atoms with Gasteiger partial charge in [0.15, 0.2) is 18.1 Å². The highest BCUT2D eigenvalue weighted by Gasteiger charge is 2.37. The normalized spacial score (nSPS) is 13.8. The minimum Gasteiger partial charge on any atom is -0.490 e. The lowest BCUT2D eigenvalue weighted by Crippen LogP contribution is -2.54. The molecule has 0 atom stereocenters. The lowest BCUT2D eigenvalue weighted by atomic mass is 10.1. The fourth-order valence-corrected chi connectivity index (χ4v) is 5.21. The number of hydrogen-bond acceptors (Lipinski definition) is 7. The van der Waals surface area contributed by atoms with Crippen molar-refractivity contribution in [2.45, 2.75) is 13.5 Å². The van der Waals surface area contributed by atoms with Gasteiger partial charge in [-0.1, -0.05) is 30.3 Å². The minimum absolute atomic E-state index is 0.250. The van der Waals surface area contributed by atoms with Crippen LogP contribution in [0.3, 0.4) is 0 Å². The number of hydrogen-bond donors (Lipinski definition) is 2. The number of amides is 5. The molecule has 12 heteroatoms. The Morgan fingerprint density at radius 2 is 1.65 bits per heavy atom. The van der Waals surface area contributed by atoms with Gasteiger partial charge in [0.1, 0.15) is 23.7 Å². The third kappa shape index (κ3) is 7.88. The van der Waals surface area contributed by atoms with Crippen molar-refractivity contribution in [3.8, 4) is 17.2 Å². The quantitative estimate of drug-likeness (QED) is 0.109. The molecule has 234 valence electrons. The molecule has 0 spiro atoms. The summed E-state index contributed by atoms with van der Waals surface area (Å²) < 4.78 is 31.0. The lowest BCUT2D eigenvalue weighted by molar-refractivity contribution is -0.122. The van der Waals surface area contributed by atoms with Crippen molar-refractivity contribution >= 4 is 63.8 Å². The summed E-state index contributed by atoms with van der Waals surface area (Å²) in [4.78, 5) is 52.3. The molecular weight excluding hydrogens is 708 g/mol. The van der Waals surface area contributed by atoms with Crippen LogP contribution in [-0.2, 0) is 21.0 Å². The van der Waals surface area contributed by atoms with Crippen LogP contribution in [-0.4, -0.2) is 37.0 Å². The van der Waals surface area contributed by atoms with Crippen LogP contribution in [0.4, 0.5) is 20.6 Å². The zero-order valence-electron chi connectivity index (χ0n) is 24.4. The second-order valence-corrected chi connectivity index (χ2v) is 11.0. The number of carbonyl (C=O) groups excluding carboxylic acids is 4. The molecule has 1 fully saturated rings. The second kappa shape index (κ2) is 14.7. The summed E-state index contributed by atoms with van der Waals surface area (Å²) in [6.07, 6.45) is 1.35. The fraction of sp³-hybridized carbons (Fsp3) is 0.118. The first-order valence-electron chi connectivity index (χ1n) is 14.0. The first kappa shape index (κ1) is 32.2. The summed E-state index contributed by atoms with van der Waals surface area (Å²) in [6.45, 7) is 2.02. The van der Waals surface area contributed by atoms with Crippen molar-refractivity contribution in [1.82, 2.24) is 5.32 Å².